The molecular formula is C20H27NO6. The lowest BCUT2D eigenvalue weighted by Crippen LogP contribution is -2.44. The zero-order valence-electron chi connectivity index (χ0n) is 16.5. The van der Waals surface area contributed by atoms with E-state index >= 15 is 0 Å². The number of hydrogen-bond donors (Lipinski definition) is 0. The fourth-order valence-corrected chi connectivity index (χ4v) is 2.77. The summed E-state index contributed by atoms with van der Waals surface area (Å²) in [6, 6.07) is 7.39. The van der Waals surface area contributed by atoms with E-state index in [1.54, 1.807) is 27.9 Å². The highest BCUT2D eigenvalue weighted by atomic mass is 16.7. The standard InChI is InChI=1S/C20H27NO6/c1-20(2,3)27-19(23)21-10-9-16(17(12-21)18(22)25-5)14-7-6-8-15(11-14)26-13-24-4/h6-9,11,17H,10,12-13H2,1-5H3. The first-order valence-electron chi connectivity index (χ1n) is 8.73. The van der Waals surface area contributed by atoms with Gasteiger partial charge in [-0.15, -0.1) is 0 Å². The van der Waals surface area contributed by atoms with Crippen molar-refractivity contribution in [2.45, 2.75) is 26.4 Å². The quantitative estimate of drug-likeness (QED) is 0.580. The second-order valence-corrected chi connectivity index (χ2v) is 7.20. The SMILES string of the molecule is COCOc1cccc(C2=CCN(C(=O)OC(C)(C)C)CC2C(=O)OC)c1. The van der Waals surface area contributed by atoms with Gasteiger partial charge in [0.2, 0.25) is 0 Å². The Morgan fingerprint density at radius 3 is 2.59 bits per heavy atom. The van der Waals surface area contributed by atoms with Gasteiger partial charge in [-0.2, -0.15) is 0 Å². The van der Waals surface area contributed by atoms with Gasteiger partial charge in [0.1, 0.15) is 11.4 Å². The molecular weight excluding hydrogens is 350 g/mol. The number of amides is 1. The van der Waals surface area contributed by atoms with Gasteiger partial charge in [-0.05, 0) is 44.0 Å². The molecule has 7 heteroatoms. The minimum atomic E-state index is -0.603. The number of ether oxygens (including phenoxy) is 4. The Bertz CT molecular complexity index is 707. The first-order chi connectivity index (χ1) is 12.7. The highest BCUT2D eigenvalue weighted by Crippen LogP contribution is 2.31. The molecule has 1 aromatic carbocycles. The van der Waals surface area contributed by atoms with Crippen LogP contribution in [0.2, 0.25) is 0 Å². The third-order valence-electron chi connectivity index (χ3n) is 3.96. The number of carbonyl (C=O) groups is 2. The molecule has 0 fully saturated rings. The Kier molecular flexibility index (Phi) is 6.85. The third-order valence-corrected chi connectivity index (χ3v) is 3.96. The van der Waals surface area contributed by atoms with E-state index in [0.717, 1.165) is 11.1 Å². The number of benzene rings is 1. The molecule has 0 spiro atoms. The van der Waals surface area contributed by atoms with Crippen LogP contribution in [-0.2, 0) is 19.0 Å². The van der Waals surface area contributed by atoms with Crippen molar-refractivity contribution in [3.63, 3.8) is 0 Å². The van der Waals surface area contributed by atoms with Gasteiger partial charge < -0.3 is 23.8 Å². The summed E-state index contributed by atoms with van der Waals surface area (Å²) in [7, 11) is 2.89. The summed E-state index contributed by atoms with van der Waals surface area (Å²) in [5, 5.41) is 0. The number of esters is 1. The lowest BCUT2D eigenvalue weighted by Gasteiger charge is -2.33. The first kappa shape index (κ1) is 20.8. The zero-order valence-corrected chi connectivity index (χ0v) is 16.5. The fourth-order valence-electron chi connectivity index (χ4n) is 2.77. The predicted molar refractivity (Wildman–Crippen MR) is 100 cm³/mol. The van der Waals surface area contributed by atoms with Gasteiger partial charge in [-0.3, -0.25) is 4.79 Å². The Morgan fingerprint density at radius 2 is 1.96 bits per heavy atom. The molecule has 1 amide bonds. The first-order valence-corrected chi connectivity index (χ1v) is 8.73. The summed E-state index contributed by atoms with van der Waals surface area (Å²) in [5.41, 5.74) is 1.03. The predicted octanol–water partition coefficient (Wildman–Crippen LogP) is 3.09. The Balaban J connectivity index is 2.26. The van der Waals surface area contributed by atoms with Gasteiger partial charge in [-0.1, -0.05) is 18.2 Å². The third kappa shape index (κ3) is 5.72. The molecule has 1 aliphatic heterocycles. The molecule has 1 unspecified atom stereocenters. The summed E-state index contributed by atoms with van der Waals surface area (Å²) in [4.78, 5) is 26.2. The minimum Gasteiger partial charge on any atom is -0.468 e. The van der Waals surface area contributed by atoms with Crippen molar-refractivity contribution < 1.29 is 28.5 Å². The molecule has 0 aliphatic carbocycles. The summed E-state index contributed by atoms with van der Waals surface area (Å²) in [6.45, 7) is 6.09. The molecule has 1 aromatic rings. The molecule has 0 saturated carbocycles. The van der Waals surface area contributed by atoms with Crippen LogP contribution in [0.4, 0.5) is 4.79 Å². The Hall–Kier alpha value is -2.54. The van der Waals surface area contributed by atoms with Gasteiger partial charge in [0.25, 0.3) is 0 Å². The lowest BCUT2D eigenvalue weighted by molar-refractivity contribution is -0.143. The highest BCUT2D eigenvalue weighted by molar-refractivity contribution is 5.90. The maximum atomic E-state index is 12.4. The van der Waals surface area contributed by atoms with Crippen molar-refractivity contribution in [3.05, 3.63) is 35.9 Å². The van der Waals surface area contributed by atoms with E-state index in [1.807, 2.05) is 30.3 Å². The van der Waals surface area contributed by atoms with Crippen molar-refractivity contribution >= 4 is 17.6 Å². The van der Waals surface area contributed by atoms with E-state index in [0.29, 0.717) is 12.3 Å². The second-order valence-electron chi connectivity index (χ2n) is 7.20. The molecule has 2 rings (SSSR count). The number of nitrogens with zero attached hydrogens (tertiary/aromatic N) is 1. The van der Waals surface area contributed by atoms with Gasteiger partial charge >= 0.3 is 12.1 Å². The van der Waals surface area contributed by atoms with Crippen LogP contribution in [0.1, 0.15) is 26.3 Å². The van der Waals surface area contributed by atoms with Crippen molar-refractivity contribution in [3.8, 4) is 5.75 Å². The minimum absolute atomic E-state index is 0.134. The van der Waals surface area contributed by atoms with E-state index in [1.165, 1.54) is 12.0 Å². The maximum absolute atomic E-state index is 12.4. The van der Waals surface area contributed by atoms with Crippen LogP contribution in [0.15, 0.2) is 30.3 Å². The Morgan fingerprint density at radius 1 is 1.22 bits per heavy atom. The molecule has 0 bridgehead atoms. The van der Waals surface area contributed by atoms with Crippen molar-refractivity contribution in [2.24, 2.45) is 5.92 Å². The number of hydrogen-bond acceptors (Lipinski definition) is 6. The molecule has 148 valence electrons. The molecule has 27 heavy (non-hydrogen) atoms. The van der Waals surface area contributed by atoms with Crippen molar-refractivity contribution in [2.75, 3.05) is 34.1 Å². The fraction of sp³-hybridized carbons (Fsp3) is 0.500. The normalized spacial score (nSPS) is 17.1. The lowest BCUT2D eigenvalue weighted by atomic mass is 9.89. The van der Waals surface area contributed by atoms with E-state index in [2.05, 4.69) is 0 Å². The van der Waals surface area contributed by atoms with E-state index in [9.17, 15) is 9.59 Å². The zero-order chi connectivity index (χ0) is 20.0. The van der Waals surface area contributed by atoms with Gasteiger partial charge in [-0.25, -0.2) is 4.79 Å². The van der Waals surface area contributed by atoms with Crippen LogP contribution in [0, 0.1) is 5.92 Å². The van der Waals surface area contributed by atoms with Gasteiger partial charge in [0.05, 0.1) is 13.0 Å². The van der Waals surface area contributed by atoms with Gasteiger partial charge in [0, 0.05) is 20.2 Å². The van der Waals surface area contributed by atoms with Crippen LogP contribution in [-0.4, -0.2) is 56.7 Å². The monoisotopic (exact) mass is 377 g/mol. The molecule has 1 aliphatic rings. The average Bonchev–Trinajstić information content (AvgIpc) is 2.64. The smallest absolute Gasteiger partial charge is 0.410 e. The highest BCUT2D eigenvalue weighted by Gasteiger charge is 2.34. The van der Waals surface area contributed by atoms with Crippen LogP contribution in [0.3, 0.4) is 0 Å². The number of methoxy groups -OCH3 is 2. The maximum Gasteiger partial charge on any atom is 0.410 e. The molecule has 1 heterocycles. The van der Waals surface area contributed by atoms with Crippen molar-refractivity contribution in [1.29, 1.82) is 0 Å². The summed E-state index contributed by atoms with van der Waals surface area (Å²) >= 11 is 0. The number of rotatable bonds is 5. The number of carbonyl (C=O) groups excluding carboxylic acids is 2. The largest absolute Gasteiger partial charge is 0.468 e. The molecule has 7 nitrogen and oxygen atoms in total. The van der Waals surface area contributed by atoms with Crippen LogP contribution >= 0.6 is 0 Å². The van der Waals surface area contributed by atoms with Crippen LogP contribution in [0.5, 0.6) is 5.75 Å². The second kappa shape index (κ2) is 8.90. The summed E-state index contributed by atoms with van der Waals surface area (Å²) in [5.74, 6) is -0.375. The van der Waals surface area contributed by atoms with Crippen molar-refractivity contribution in [1.82, 2.24) is 4.90 Å². The van der Waals surface area contributed by atoms with Gasteiger partial charge in [0.15, 0.2) is 6.79 Å². The summed E-state index contributed by atoms with van der Waals surface area (Å²) < 4.78 is 20.8. The molecule has 0 radical (unpaired) electrons. The van der Waals surface area contributed by atoms with Crippen LogP contribution in [0.25, 0.3) is 5.57 Å². The molecule has 0 aromatic heterocycles. The molecule has 0 saturated heterocycles. The molecule has 0 N–H and O–H groups in total. The molecule has 1 atom stereocenters. The van der Waals surface area contributed by atoms with E-state index in [4.69, 9.17) is 18.9 Å². The van der Waals surface area contributed by atoms with Crippen LogP contribution < -0.4 is 4.74 Å². The topological polar surface area (TPSA) is 74.3 Å². The summed E-state index contributed by atoms with van der Waals surface area (Å²) in [6.07, 6.45) is 1.40. The Labute approximate surface area is 159 Å². The van der Waals surface area contributed by atoms with E-state index in [-0.39, 0.29) is 13.3 Å². The van der Waals surface area contributed by atoms with E-state index < -0.39 is 23.6 Å². The average molecular weight is 377 g/mol.